The number of benzene rings is 4. The van der Waals surface area contributed by atoms with Crippen LogP contribution in [-0.2, 0) is 16.0 Å². The maximum Gasteiger partial charge on any atom is 0.257 e. The highest BCUT2D eigenvalue weighted by Crippen LogP contribution is 2.26. The predicted molar refractivity (Wildman–Crippen MR) is 172 cm³/mol. The van der Waals surface area contributed by atoms with E-state index in [2.05, 4.69) is 32.7 Å². The molecule has 45 heavy (non-hydrogen) atoms. The summed E-state index contributed by atoms with van der Waals surface area (Å²) < 4.78 is 11.3. The predicted octanol–water partition coefficient (Wildman–Crippen LogP) is 6.76. The fraction of sp³-hybridized carbons (Fsp3) is 0.0909. The minimum atomic E-state index is -0.296. The lowest BCUT2D eigenvalue weighted by Crippen LogP contribution is -2.15. The van der Waals surface area contributed by atoms with Crippen LogP contribution < -0.4 is 10.6 Å². The average molecular weight is 631 g/mol. The first-order valence-corrected chi connectivity index (χ1v) is 15.6. The molecule has 6 aromatic rings. The van der Waals surface area contributed by atoms with E-state index in [0.717, 1.165) is 22.2 Å². The maximum atomic E-state index is 12.6. The second-order valence-corrected chi connectivity index (χ2v) is 11.6. The monoisotopic (exact) mass is 630 g/mol. The molecule has 0 fully saturated rings. The molecule has 0 spiro atoms. The molecule has 0 unspecified atom stereocenters. The summed E-state index contributed by atoms with van der Waals surface area (Å²) in [6.07, 6.45) is 0.437. The molecule has 6 rings (SSSR count). The van der Waals surface area contributed by atoms with Gasteiger partial charge in [-0.05, 0) is 66.1 Å². The van der Waals surface area contributed by atoms with Crippen LogP contribution in [0.2, 0.25) is 0 Å². The summed E-state index contributed by atoms with van der Waals surface area (Å²) in [5, 5.41) is 25.8. The van der Waals surface area contributed by atoms with Crippen LogP contribution in [0.1, 0.15) is 22.3 Å². The van der Waals surface area contributed by atoms with Crippen LogP contribution in [0, 0.1) is 22.7 Å². The molecule has 0 aliphatic rings. The number of carbonyl (C=O) groups excluding carboxylic acids is 2. The second-order valence-electron chi connectivity index (χ2n) is 9.73. The Morgan fingerprint density at radius 1 is 0.667 bits per heavy atom. The lowest BCUT2D eigenvalue weighted by molar-refractivity contribution is -0.114. The molecule has 4 aromatic carbocycles. The smallest absolute Gasteiger partial charge is 0.257 e. The second kappa shape index (κ2) is 13.4. The van der Waals surface area contributed by atoms with Crippen LogP contribution in [0.5, 0.6) is 0 Å². The Kier molecular flexibility index (Phi) is 8.78. The van der Waals surface area contributed by atoms with Crippen LogP contribution in [0.3, 0.4) is 0 Å². The van der Waals surface area contributed by atoms with Gasteiger partial charge in [-0.2, -0.15) is 10.5 Å². The normalized spacial score (nSPS) is 10.8. The molecule has 2 amide bonds. The molecule has 2 heterocycles. The fourth-order valence-corrected chi connectivity index (χ4v) is 5.77. The Bertz CT molecular complexity index is 1930. The van der Waals surface area contributed by atoms with Crippen LogP contribution in [-0.4, -0.2) is 33.3 Å². The van der Waals surface area contributed by atoms with Crippen LogP contribution in [0.4, 0.5) is 11.4 Å². The number of oxazole rings is 2. The first-order valence-electron chi connectivity index (χ1n) is 13.6. The molecule has 0 aliphatic carbocycles. The molecular weight excluding hydrogens is 609 g/mol. The summed E-state index contributed by atoms with van der Waals surface area (Å²) in [7, 11) is 0. The minimum absolute atomic E-state index is 0.0642. The fourth-order valence-electron chi connectivity index (χ4n) is 4.49. The van der Waals surface area contributed by atoms with Gasteiger partial charge in [0, 0.05) is 0 Å². The lowest BCUT2D eigenvalue weighted by atomic mass is 10.00. The van der Waals surface area contributed by atoms with Gasteiger partial charge in [0.25, 0.3) is 10.4 Å². The minimum Gasteiger partial charge on any atom is -0.431 e. The topological polar surface area (TPSA) is 158 Å². The number of nitrogens with zero attached hydrogens (tertiary/aromatic N) is 4. The Morgan fingerprint density at radius 2 is 1.11 bits per heavy atom. The summed E-state index contributed by atoms with van der Waals surface area (Å²) in [6.45, 7) is 0. The van der Waals surface area contributed by atoms with E-state index in [1.807, 2.05) is 60.7 Å². The molecule has 0 saturated carbocycles. The standard InChI is InChI=1S/C33H22N6O4S2/c34-16-22-14-20(9-11-24(22)36-30(40)18-44-32-38-26-5-1-3-7-28(26)42-32)13-21-10-12-25(23(15-21)17-35)37-31(41)19-45-33-39-27-6-2-4-8-29(27)43-33/h1-12,14-15H,13,18-19H2,(H,36,40)(H,37,41). The molecule has 10 nitrogen and oxygen atoms in total. The number of hydrogen-bond acceptors (Lipinski definition) is 10. The molecule has 2 N–H and O–H groups in total. The number of nitrogens with one attached hydrogen (secondary N) is 2. The third-order valence-corrected chi connectivity index (χ3v) is 8.22. The first kappa shape index (κ1) is 29.5. The van der Waals surface area contributed by atoms with Gasteiger partial charge in [0.2, 0.25) is 11.8 Å². The molecule has 0 atom stereocenters. The van der Waals surface area contributed by atoms with Gasteiger partial charge >= 0.3 is 0 Å². The van der Waals surface area contributed by atoms with E-state index in [1.54, 1.807) is 24.3 Å². The number of para-hydroxylation sites is 4. The number of anilines is 2. The van der Waals surface area contributed by atoms with Gasteiger partial charge in [0.1, 0.15) is 23.2 Å². The molecule has 2 aromatic heterocycles. The van der Waals surface area contributed by atoms with Crippen molar-refractivity contribution in [3.63, 3.8) is 0 Å². The van der Waals surface area contributed by atoms with E-state index in [4.69, 9.17) is 8.83 Å². The van der Waals surface area contributed by atoms with Gasteiger partial charge < -0.3 is 19.5 Å². The van der Waals surface area contributed by atoms with E-state index >= 15 is 0 Å². The quantitative estimate of drug-likeness (QED) is 0.155. The van der Waals surface area contributed by atoms with Crippen molar-refractivity contribution in [3.05, 3.63) is 107 Å². The molecule has 220 valence electrons. The summed E-state index contributed by atoms with van der Waals surface area (Å²) in [6, 6.07) is 29.4. The van der Waals surface area contributed by atoms with Gasteiger partial charge in [0.15, 0.2) is 11.2 Å². The van der Waals surface area contributed by atoms with Crippen LogP contribution >= 0.6 is 23.5 Å². The van der Waals surface area contributed by atoms with Crippen molar-refractivity contribution >= 4 is 68.9 Å². The molecule has 0 radical (unpaired) electrons. The first-order chi connectivity index (χ1) is 22.0. The zero-order valence-corrected chi connectivity index (χ0v) is 25.1. The highest BCUT2D eigenvalue weighted by Gasteiger charge is 2.14. The van der Waals surface area contributed by atoms with Crippen molar-refractivity contribution in [2.24, 2.45) is 0 Å². The number of amides is 2. The van der Waals surface area contributed by atoms with E-state index in [9.17, 15) is 20.1 Å². The third kappa shape index (κ3) is 7.16. The van der Waals surface area contributed by atoms with E-state index in [1.165, 1.54) is 23.5 Å². The molecule has 0 aliphatic heterocycles. The van der Waals surface area contributed by atoms with Crippen molar-refractivity contribution in [1.82, 2.24) is 9.97 Å². The Hall–Kier alpha value is -5.56. The number of rotatable bonds is 10. The summed E-state index contributed by atoms with van der Waals surface area (Å²) in [4.78, 5) is 33.9. The van der Waals surface area contributed by atoms with E-state index in [0.29, 0.717) is 50.5 Å². The third-order valence-electron chi connectivity index (χ3n) is 6.57. The Morgan fingerprint density at radius 3 is 1.53 bits per heavy atom. The van der Waals surface area contributed by atoms with Crippen LogP contribution in [0.15, 0.2) is 104 Å². The lowest BCUT2D eigenvalue weighted by Gasteiger charge is -2.11. The maximum absolute atomic E-state index is 12.6. The van der Waals surface area contributed by atoms with Gasteiger partial charge in [-0.25, -0.2) is 9.97 Å². The zero-order valence-electron chi connectivity index (χ0n) is 23.4. The van der Waals surface area contributed by atoms with E-state index in [-0.39, 0.29) is 23.3 Å². The van der Waals surface area contributed by atoms with Crippen molar-refractivity contribution in [2.45, 2.75) is 16.9 Å². The molecular formula is C33H22N6O4S2. The van der Waals surface area contributed by atoms with Crippen molar-refractivity contribution < 1.29 is 18.4 Å². The highest BCUT2D eigenvalue weighted by molar-refractivity contribution is 8.00. The van der Waals surface area contributed by atoms with Gasteiger partial charge in [-0.1, -0.05) is 59.9 Å². The van der Waals surface area contributed by atoms with Crippen molar-refractivity contribution in [2.75, 3.05) is 22.1 Å². The van der Waals surface area contributed by atoms with Gasteiger partial charge in [0.05, 0.1) is 34.0 Å². The Balaban J connectivity index is 1.05. The van der Waals surface area contributed by atoms with E-state index < -0.39 is 0 Å². The number of fused-ring (bicyclic) bond motifs is 2. The number of hydrogen-bond donors (Lipinski definition) is 2. The zero-order chi connectivity index (χ0) is 31.2. The van der Waals surface area contributed by atoms with Crippen molar-refractivity contribution in [3.8, 4) is 12.1 Å². The Labute approximate surface area is 265 Å². The van der Waals surface area contributed by atoms with Gasteiger partial charge in [-0.3, -0.25) is 9.59 Å². The summed E-state index contributed by atoms with van der Waals surface area (Å²) in [5.74, 6) is -0.464. The summed E-state index contributed by atoms with van der Waals surface area (Å²) >= 11 is 2.34. The number of carbonyl (C=O) groups is 2. The highest BCUT2D eigenvalue weighted by atomic mass is 32.2. The SMILES string of the molecule is N#Cc1cc(Cc2ccc(NC(=O)CSc3nc4ccccc4o3)c(C#N)c2)ccc1NC(=O)CSc1nc2ccccc2o1. The largest absolute Gasteiger partial charge is 0.431 e. The van der Waals surface area contributed by atoms with Gasteiger partial charge in [-0.15, -0.1) is 0 Å². The summed E-state index contributed by atoms with van der Waals surface area (Å²) in [5.41, 5.74) is 5.80. The molecule has 0 bridgehead atoms. The average Bonchev–Trinajstić information content (AvgIpc) is 3.68. The number of nitriles is 2. The molecule has 0 saturated heterocycles. The molecule has 12 heteroatoms. The van der Waals surface area contributed by atoms with Crippen LogP contribution in [0.25, 0.3) is 22.2 Å². The number of thioether (sulfide) groups is 2. The van der Waals surface area contributed by atoms with Crippen molar-refractivity contribution in [1.29, 1.82) is 10.5 Å². The number of aromatic nitrogens is 2.